The molecule has 0 aliphatic carbocycles. The molecule has 1 aromatic heterocycles. The van der Waals surface area contributed by atoms with E-state index in [0.717, 1.165) is 5.56 Å². The highest BCUT2D eigenvalue weighted by atomic mass is 16.6. The van der Waals surface area contributed by atoms with E-state index >= 15 is 0 Å². The number of nitro groups is 1. The first kappa shape index (κ1) is 18.9. The van der Waals surface area contributed by atoms with Gasteiger partial charge in [0.25, 0.3) is 5.91 Å². The van der Waals surface area contributed by atoms with Crippen molar-refractivity contribution in [2.45, 2.75) is 13.3 Å². The van der Waals surface area contributed by atoms with Crippen molar-refractivity contribution < 1.29 is 24.4 Å². The van der Waals surface area contributed by atoms with Crippen molar-refractivity contribution in [2.75, 3.05) is 13.2 Å². The number of hydrogen-bond donors (Lipinski definition) is 2. The van der Waals surface area contributed by atoms with Gasteiger partial charge in [-0.25, -0.2) is 4.79 Å². The summed E-state index contributed by atoms with van der Waals surface area (Å²) < 4.78 is 6.22. The Labute approximate surface area is 148 Å². The van der Waals surface area contributed by atoms with Gasteiger partial charge in [-0.05, 0) is 31.0 Å². The van der Waals surface area contributed by atoms with E-state index in [1.54, 1.807) is 24.3 Å². The molecule has 138 valence electrons. The molecule has 0 saturated carbocycles. The second-order valence-electron chi connectivity index (χ2n) is 5.50. The fourth-order valence-corrected chi connectivity index (χ4v) is 2.42. The predicted octanol–water partition coefficient (Wildman–Crippen LogP) is 1.07. The fourth-order valence-electron chi connectivity index (χ4n) is 2.42. The van der Waals surface area contributed by atoms with Crippen LogP contribution < -0.4 is 10.1 Å². The zero-order valence-electron chi connectivity index (χ0n) is 14.3. The minimum absolute atomic E-state index is 0.0927. The van der Waals surface area contributed by atoms with Gasteiger partial charge in [-0.2, -0.15) is 5.10 Å². The van der Waals surface area contributed by atoms with Crippen molar-refractivity contribution in [1.82, 2.24) is 15.1 Å². The van der Waals surface area contributed by atoms with E-state index in [0.29, 0.717) is 12.2 Å². The van der Waals surface area contributed by atoms with Crippen LogP contribution in [0, 0.1) is 17.0 Å². The summed E-state index contributed by atoms with van der Waals surface area (Å²) in [6, 6.07) is 6.77. The standard InChI is InChI=1S/C16H18N4O6/c1-10-14(20(24)25)15(19(2)18-10)16(23)17-8-7-11-3-5-12(6-4-11)26-9-13(21)22/h3-6H,7-9H2,1-2H3,(H,17,23)(H,21,22). The highest BCUT2D eigenvalue weighted by Gasteiger charge is 2.28. The zero-order valence-corrected chi connectivity index (χ0v) is 14.3. The molecule has 0 aliphatic rings. The van der Waals surface area contributed by atoms with Crippen molar-refractivity contribution in [3.05, 3.63) is 51.3 Å². The molecule has 26 heavy (non-hydrogen) atoms. The Morgan fingerprint density at radius 2 is 2.00 bits per heavy atom. The topological polar surface area (TPSA) is 137 Å². The van der Waals surface area contributed by atoms with Crippen molar-refractivity contribution >= 4 is 17.6 Å². The normalized spacial score (nSPS) is 10.4. The molecule has 10 nitrogen and oxygen atoms in total. The number of nitrogens with one attached hydrogen (secondary N) is 1. The summed E-state index contributed by atoms with van der Waals surface area (Å²) in [7, 11) is 1.48. The quantitative estimate of drug-likeness (QED) is 0.529. The van der Waals surface area contributed by atoms with Gasteiger partial charge >= 0.3 is 11.7 Å². The highest BCUT2D eigenvalue weighted by molar-refractivity contribution is 5.96. The molecular formula is C16H18N4O6. The third-order valence-corrected chi connectivity index (χ3v) is 3.57. The Balaban J connectivity index is 1.93. The van der Waals surface area contributed by atoms with Gasteiger partial charge in [0.2, 0.25) is 5.69 Å². The lowest BCUT2D eigenvalue weighted by molar-refractivity contribution is -0.385. The summed E-state index contributed by atoms with van der Waals surface area (Å²) in [4.78, 5) is 33.2. The number of aryl methyl sites for hydroxylation is 2. The number of amides is 1. The van der Waals surface area contributed by atoms with Gasteiger partial charge in [-0.3, -0.25) is 19.6 Å². The SMILES string of the molecule is Cc1nn(C)c(C(=O)NCCc2ccc(OCC(=O)O)cc2)c1[N+](=O)[O-]. The molecule has 0 atom stereocenters. The number of carboxylic acid groups (broad SMARTS) is 1. The minimum Gasteiger partial charge on any atom is -0.482 e. The monoisotopic (exact) mass is 362 g/mol. The van der Waals surface area contributed by atoms with Crippen LogP contribution in [-0.4, -0.2) is 44.8 Å². The first-order valence-corrected chi connectivity index (χ1v) is 7.69. The van der Waals surface area contributed by atoms with Gasteiger partial charge in [-0.1, -0.05) is 12.1 Å². The molecule has 0 radical (unpaired) electrons. The average Bonchev–Trinajstić information content (AvgIpc) is 2.88. The Morgan fingerprint density at radius 3 is 2.58 bits per heavy atom. The van der Waals surface area contributed by atoms with Gasteiger partial charge in [0.1, 0.15) is 11.4 Å². The summed E-state index contributed by atoms with van der Waals surface area (Å²) in [5, 5.41) is 26.2. The van der Waals surface area contributed by atoms with Crippen LogP contribution in [0.25, 0.3) is 0 Å². The maximum absolute atomic E-state index is 12.2. The van der Waals surface area contributed by atoms with Crippen molar-refractivity contribution in [1.29, 1.82) is 0 Å². The Kier molecular flexibility index (Phi) is 5.89. The molecule has 1 amide bonds. The molecule has 2 aromatic rings. The van der Waals surface area contributed by atoms with E-state index in [1.807, 2.05) is 0 Å². The molecule has 10 heteroatoms. The largest absolute Gasteiger partial charge is 0.482 e. The van der Waals surface area contributed by atoms with E-state index in [2.05, 4.69) is 10.4 Å². The lowest BCUT2D eigenvalue weighted by atomic mass is 10.1. The number of nitrogens with zero attached hydrogens (tertiary/aromatic N) is 3. The molecule has 0 unspecified atom stereocenters. The molecule has 2 N–H and O–H groups in total. The summed E-state index contributed by atoms with van der Waals surface area (Å²) in [5.74, 6) is -1.20. The van der Waals surface area contributed by atoms with Gasteiger partial charge in [0.05, 0.1) is 4.92 Å². The molecule has 0 spiro atoms. The number of hydrogen-bond acceptors (Lipinski definition) is 6. The Morgan fingerprint density at radius 1 is 1.35 bits per heavy atom. The predicted molar refractivity (Wildman–Crippen MR) is 90.2 cm³/mol. The van der Waals surface area contributed by atoms with E-state index in [-0.39, 0.29) is 23.6 Å². The average molecular weight is 362 g/mol. The molecule has 0 bridgehead atoms. The Hall–Kier alpha value is -3.43. The van der Waals surface area contributed by atoms with Gasteiger partial charge in [0.15, 0.2) is 6.61 Å². The lowest BCUT2D eigenvalue weighted by Crippen LogP contribution is -2.28. The number of rotatable bonds is 8. The van der Waals surface area contributed by atoms with Gasteiger partial charge in [0, 0.05) is 13.6 Å². The first-order chi connectivity index (χ1) is 12.3. The third kappa shape index (κ3) is 4.56. The molecule has 0 aliphatic heterocycles. The van der Waals surface area contributed by atoms with Crippen LogP contribution in [0.3, 0.4) is 0 Å². The molecule has 0 fully saturated rings. The van der Waals surface area contributed by atoms with Gasteiger partial charge in [-0.15, -0.1) is 0 Å². The zero-order chi connectivity index (χ0) is 19.3. The van der Waals surface area contributed by atoms with Crippen molar-refractivity contribution in [3.8, 4) is 5.75 Å². The number of ether oxygens (including phenoxy) is 1. The smallest absolute Gasteiger partial charge is 0.341 e. The fraction of sp³-hybridized carbons (Fsp3) is 0.312. The molecule has 1 heterocycles. The van der Waals surface area contributed by atoms with E-state index in [9.17, 15) is 19.7 Å². The maximum Gasteiger partial charge on any atom is 0.341 e. The minimum atomic E-state index is -1.06. The lowest BCUT2D eigenvalue weighted by Gasteiger charge is -2.07. The summed E-state index contributed by atoms with van der Waals surface area (Å²) in [6.07, 6.45) is 0.496. The van der Waals surface area contributed by atoms with Crippen LogP contribution in [0.5, 0.6) is 5.75 Å². The molecule has 2 rings (SSSR count). The van der Waals surface area contributed by atoms with Crippen LogP contribution >= 0.6 is 0 Å². The van der Waals surface area contributed by atoms with Crippen LogP contribution in [0.2, 0.25) is 0 Å². The van der Waals surface area contributed by atoms with Gasteiger partial charge < -0.3 is 15.2 Å². The van der Waals surface area contributed by atoms with Crippen LogP contribution in [0.1, 0.15) is 21.7 Å². The first-order valence-electron chi connectivity index (χ1n) is 7.69. The highest BCUT2D eigenvalue weighted by Crippen LogP contribution is 2.22. The number of carbonyl (C=O) groups excluding carboxylic acids is 1. The van der Waals surface area contributed by atoms with E-state index in [4.69, 9.17) is 9.84 Å². The molecular weight excluding hydrogens is 344 g/mol. The Bertz CT molecular complexity index is 828. The van der Waals surface area contributed by atoms with Crippen LogP contribution in [-0.2, 0) is 18.3 Å². The van der Waals surface area contributed by atoms with Crippen molar-refractivity contribution in [2.24, 2.45) is 7.05 Å². The molecule has 0 saturated heterocycles. The summed E-state index contributed by atoms with van der Waals surface area (Å²) >= 11 is 0. The van der Waals surface area contributed by atoms with Crippen LogP contribution in [0.4, 0.5) is 5.69 Å². The second-order valence-corrected chi connectivity index (χ2v) is 5.50. The maximum atomic E-state index is 12.2. The van der Waals surface area contributed by atoms with E-state index < -0.39 is 23.4 Å². The summed E-state index contributed by atoms with van der Waals surface area (Å²) in [5.41, 5.74) is 0.679. The van der Waals surface area contributed by atoms with E-state index in [1.165, 1.54) is 18.7 Å². The second kappa shape index (κ2) is 8.10. The number of carbonyl (C=O) groups is 2. The van der Waals surface area contributed by atoms with Crippen molar-refractivity contribution in [3.63, 3.8) is 0 Å². The number of carboxylic acids is 1. The van der Waals surface area contributed by atoms with Crippen LogP contribution in [0.15, 0.2) is 24.3 Å². The number of aromatic nitrogens is 2. The number of aliphatic carboxylic acids is 1. The third-order valence-electron chi connectivity index (χ3n) is 3.57. The number of benzene rings is 1. The molecule has 1 aromatic carbocycles. The summed E-state index contributed by atoms with van der Waals surface area (Å²) in [6.45, 7) is 1.33.